The molecule has 4 rings (SSSR count). The predicted molar refractivity (Wildman–Crippen MR) is 116 cm³/mol. The summed E-state index contributed by atoms with van der Waals surface area (Å²) >= 11 is 0. The maximum Gasteiger partial charge on any atom is 0.410 e. The third-order valence-electron chi connectivity index (χ3n) is 6.85. The largest absolute Gasteiger partial charge is 0.481 e. The first kappa shape index (κ1) is 22.8. The third-order valence-corrected chi connectivity index (χ3v) is 6.85. The smallest absolute Gasteiger partial charge is 0.410 e. The number of hydrogen-bond acceptors (Lipinski definition) is 8. The van der Waals surface area contributed by atoms with Gasteiger partial charge in [-0.25, -0.2) is 15.2 Å². The molecule has 2 saturated heterocycles. The Balaban J connectivity index is 1.19. The van der Waals surface area contributed by atoms with Crippen molar-refractivity contribution in [3.8, 4) is 5.88 Å². The highest BCUT2D eigenvalue weighted by Gasteiger charge is 2.42. The number of rotatable bonds is 7. The van der Waals surface area contributed by atoms with Crippen LogP contribution in [0.2, 0.25) is 0 Å². The standard InChI is InChI=1S/C22H33N5O5/c1-13-18(30-2)12-27(13)22(29)32-16-5-4-15(10-16)17-11-19(26-25-17)24-20(28)8-14-6-7-23-21(9-14)31-3/h6-7,9,13,15-19,25-26H,4-5,8,10-12H2,1-3H3,(H,24,28)/t13-,15-,16+,17?,18+,19?/m0/s1. The quantitative estimate of drug-likeness (QED) is 0.567. The summed E-state index contributed by atoms with van der Waals surface area (Å²) in [6.45, 7) is 2.57. The molecular weight excluding hydrogens is 414 g/mol. The van der Waals surface area contributed by atoms with E-state index < -0.39 is 0 Å². The van der Waals surface area contributed by atoms with Crippen molar-refractivity contribution in [1.29, 1.82) is 0 Å². The lowest BCUT2D eigenvalue weighted by Gasteiger charge is -2.44. The van der Waals surface area contributed by atoms with Crippen LogP contribution in [0.15, 0.2) is 18.3 Å². The highest BCUT2D eigenvalue weighted by Crippen LogP contribution is 2.34. The van der Waals surface area contributed by atoms with Gasteiger partial charge in [-0.2, -0.15) is 0 Å². The average Bonchev–Trinajstić information content (AvgIpc) is 3.42. The van der Waals surface area contributed by atoms with Gasteiger partial charge < -0.3 is 24.4 Å². The van der Waals surface area contributed by atoms with E-state index in [4.69, 9.17) is 14.2 Å². The molecule has 1 aromatic heterocycles. The van der Waals surface area contributed by atoms with Crippen LogP contribution in [0.25, 0.3) is 0 Å². The number of carbonyl (C=O) groups is 2. The number of likely N-dealkylation sites (tertiary alicyclic amines) is 1. The van der Waals surface area contributed by atoms with Gasteiger partial charge in [-0.3, -0.25) is 10.2 Å². The second kappa shape index (κ2) is 10.0. The molecule has 3 heterocycles. The molecule has 176 valence electrons. The van der Waals surface area contributed by atoms with E-state index in [-0.39, 0.29) is 48.9 Å². The summed E-state index contributed by atoms with van der Waals surface area (Å²) in [7, 11) is 3.22. The fourth-order valence-electron chi connectivity index (χ4n) is 4.83. The first-order valence-corrected chi connectivity index (χ1v) is 11.3. The number of nitrogens with one attached hydrogen (secondary N) is 3. The van der Waals surface area contributed by atoms with E-state index >= 15 is 0 Å². The summed E-state index contributed by atoms with van der Waals surface area (Å²) in [6, 6.07) is 3.86. The molecule has 1 aromatic rings. The minimum atomic E-state index is -0.244. The highest BCUT2D eigenvalue weighted by molar-refractivity contribution is 5.78. The van der Waals surface area contributed by atoms with E-state index in [1.807, 2.05) is 13.0 Å². The molecular formula is C22H33N5O5. The number of hydrazine groups is 1. The van der Waals surface area contributed by atoms with E-state index in [1.54, 1.807) is 31.4 Å². The van der Waals surface area contributed by atoms with Crippen LogP contribution in [0, 0.1) is 5.92 Å². The van der Waals surface area contributed by atoms with Gasteiger partial charge in [0.2, 0.25) is 11.8 Å². The van der Waals surface area contributed by atoms with Gasteiger partial charge in [0, 0.05) is 25.4 Å². The molecule has 1 aliphatic carbocycles. The number of amides is 2. The Morgan fingerprint density at radius 2 is 2.09 bits per heavy atom. The molecule has 3 aliphatic rings. The summed E-state index contributed by atoms with van der Waals surface area (Å²) in [5.74, 6) is 0.830. The zero-order valence-electron chi connectivity index (χ0n) is 18.9. The average molecular weight is 448 g/mol. The summed E-state index contributed by atoms with van der Waals surface area (Å²) in [4.78, 5) is 30.6. The molecule has 6 atom stereocenters. The van der Waals surface area contributed by atoms with Crippen LogP contribution < -0.4 is 20.9 Å². The van der Waals surface area contributed by atoms with Gasteiger partial charge >= 0.3 is 6.09 Å². The van der Waals surface area contributed by atoms with Crippen LogP contribution in [0.4, 0.5) is 4.79 Å². The molecule has 1 saturated carbocycles. The van der Waals surface area contributed by atoms with E-state index in [2.05, 4.69) is 21.2 Å². The molecule has 3 fully saturated rings. The van der Waals surface area contributed by atoms with Gasteiger partial charge in [0.1, 0.15) is 6.10 Å². The van der Waals surface area contributed by atoms with Crippen molar-refractivity contribution in [1.82, 2.24) is 26.1 Å². The lowest BCUT2D eigenvalue weighted by Crippen LogP contribution is -2.61. The van der Waals surface area contributed by atoms with Gasteiger partial charge in [-0.1, -0.05) is 0 Å². The number of carbonyl (C=O) groups excluding carboxylic acids is 2. The summed E-state index contributed by atoms with van der Waals surface area (Å²) < 4.78 is 16.2. The lowest BCUT2D eigenvalue weighted by molar-refractivity contribution is -0.121. The lowest BCUT2D eigenvalue weighted by atomic mass is 9.96. The summed E-state index contributed by atoms with van der Waals surface area (Å²) in [5.41, 5.74) is 7.35. The SMILES string of the molecule is COc1cc(CC(=O)NC2CC([C@H]3CC[C@@H](OC(=O)N4C[C@@H](OC)[C@@H]4C)C3)NN2)ccn1. The summed E-state index contributed by atoms with van der Waals surface area (Å²) in [6.07, 6.45) is 5.04. The van der Waals surface area contributed by atoms with Crippen molar-refractivity contribution < 1.29 is 23.8 Å². The first-order chi connectivity index (χ1) is 15.5. The van der Waals surface area contributed by atoms with Crippen LogP contribution in [0.5, 0.6) is 5.88 Å². The number of aromatic nitrogens is 1. The first-order valence-electron chi connectivity index (χ1n) is 11.3. The minimum absolute atomic E-state index is 0.0570. The Kier molecular flexibility index (Phi) is 7.12. The van der Waals surface area contributed by atoms with E-state index in [0.717, 1.165) is 31.2 Å². The van der Waals surface area contributed by atoms with Gasteiger partial charge in [0.05, 0.1) is 38.4 Å². The molecule has 0 bridgehead atoms. The Morgan fingerprint density at radius 3 is 2.84 bits per heavy atom. The van der Waals surface area contributed by atoms with Gasteiger partial charge in [-0.15, -0.1) is 0 Å². The van der Waals surface area contributed by atoms with Crippen molar-refractivity contribution in [2.75, 3.05) is 20.8 Å². The van der Waals surface area contributed by atoms with E-state index in [0.29, 0.717) is 18.3 Å². The zero-order chi connectivity index (χ0) is 22.7. The third kappa shape index (κ3) is 5.13. The monoisotopic (exact) mass is 447 g/mol. The maximum absolute atomic E-state index is 12.4. The van der Waals surface area contributed by atoms with Crippen LogP contribution in [-0.4, -0.2) is 73.1 Å². The number of pyridine rings is 1. The van der Waals surface area contributed by atoms with Crippen LogP contribution >= 0.6 is 0 Å². The van der Waals surface area contributed by atoms with E-state index in [9.17, 15) is 9.59 Å². The van der Waals surface area contributed by atoms with Gasteiger partial charge in [-0.05, 0) is 50.2 Å². The molecule has 2 aliphatic heterocycles. The molecule has 10 heteroatoms. The van der Waals surface area contributed by atoms with Crippen molar-refractivity contribution >= 4 is 12.0 Å². The number of nitrogens with zero attached hydrogens (tertiary/aromatic N) is 2. The van der Waals surface area contributed by atoms with Gasteiger partial charge in [0.15, 0.2) is 0 Å². The predicted octanol–water partition coefficient (Wildman–Crippen LogP) is 0.966. The van der Waals surface area contributed by atoms with Crippen LogP contribution in [0.3, 0.4) is 0 Å². The second-order valence-corrected chi connectivity index (χ2v) is 8.88. The van der Waals surface area contributed by atoms with Gasteiger partial charge in [0.25, 0.3) is 0 Å². The molecule has 32 heavy (non-hydrogen) atoms. The molecule has 2 amide bonds. The molecule has 0 spiro atoms. The molecule has 0 radical (unpaired) electrons. The van der Waals surface area contributed by atoms with Crippen molar-refractivity contribution in [3.63, 3.8) is 0 Å². The molecule has 0 aromatic carbocycles. The van der Waals surface area contributed by atoms with Crippen molar-refractivity contribution in [3.05, 3.63) is 23.9 Å². The Bertz CT molecular complexity index is 824. The summed E-state index contributed by atoms with van der Waals surface area (Å²) in [5, 5.41) is 3.03. The number of ether oxygens (including phenoxy) is 3. The minimum Gasteiger partial charge on any atom is -0.481 e. The molecule has 2 unspecified atom stereocenters. The normalized spacial score (nSPS) is 31.8. The molecule has 10 nitrogen and oxygen atoms in total. The highest BCUT2D eigenvalue weighted by atomic mass is 16.6. The Morgan fingerprint density at radius 1 is 1.25 bits per heavy atom. The molecule has 3 N–H and O–H groups in total. The Labute approximate surface area is 188 Å². The maximum atomic E-state index is 12.4. The van der Waals surface area contributed by atoms with Crippen LogP contribution in [-0.2, 0) is 20.7 Å². The topological polar surface area (TPSA) is 114 Å². The number of hydrogen-bond donors (Lipinski definition) is 3. The fraction of sp³-hybridized carbons (Fsp3) is 0.682. The Hall–Kier alpha value is -2.43. The van der Waals surface area contributed by atoms with Crippen LogP contribution in [0.1, 0.15) is 38.2 Å². The van der Waals surface area contributed by atoms with E-state index in [1.165, 1.54) is 0 Å². The zero-order valence-corrected chi connectivity index (χ0v) is 18.9. The van der Waals surface area contributed by atoms with Crippen molar-refractivity contribution in [2.45, 2.75) is 69.5 Å². The number of methoxy groups -OCH3 is 2. The second-order valence-electron chi connectivity index (χ2n) is 8.88. The van der Waals surface area contributed by atoms with Crippen molar-refractivity contribution in [2.24, 2.45) is 5.92 Å². The fourth-order valence-corrected chi connectivity index (χ4v) is 4.83.